The second-order valence-corrected chi connectivity index (χ2v) is 8.83. The Morgan fingerprint density at radius 3 is 2.60 bits per heavy atom. The predicted octanol–water partition coefficient (Wildman–Crippen LogP) is 2.46. The van der Waals surface area contributed by atoms with Gasteiger partial charge >= 0.3 is 6.18 Å². The van der Waals surface area contributed by atoms with Gasteiger partial charge in [0.1, 0.15) is 17.2 Å². The number of amides is 1. The van der Waals surface area contributed by atoms with Crippen molar-refractivity contribution in [2.75, 3.05) is 18.2 Å². The Hall–Kier alpha value is -2.94. The topological polar surface area (TPSA) is 146 Å². The molecule has 0 fully saturated rings. The van der Waals surface area contributed by atoms with Gasteiger partial charge in [-0.1, -0.05) is 18.0 Å². The first-order valence-corrected chi connectivity index (χ1v) is 11.5. The molecular formula is C21H29F3N8O2S. The smallest absolute Gasteiger partial charge is 0.389 e. The maximum Gasteiger partial charge on any atom is 0.389 e. The van der Waals surface area contributed by atoms with Crippen molar-refractivity contribution in [2.24, 2.45) is 16.8 Å². The minimum atomic E-state index is -4.17. The number of anilines is 1. The zero-order chi connectivity index (χ0) is 26.2. The molecule has 1 aliphatic heterocycles. The summed E-state index contributed by atoms with van der Waals surface area (Å²) >= 11 is 1.13. The first-order valence-electron chi connectivity index (χ1n) is 10.5. The van der Waals surface area contributed by atoms with Crippen molar-refractivity contribution in [3.8, 4) is 0 Å². The average molecular weight is 515 g/mol. The maximum atomic E-state index is 12.7. The number of hydrogen-bond acceptors (Lipinski definition) is 9. The van der Waals surface area contributed by atoms with E-state index in [4.69, 9.17) is 16.8 Å². The summed E-state index contributed by atoms with van der Waals surface area (Å²) in [4.78, 5) is 21.3. The summed E-state index contributed by atoms with van der Waals surface area (Å²) in [5.41, 5.74) is 2.30. The molecule has 35 heavy (non-hydrogen) atoms. The Morgan fingerprint density at radius 2 is 1.97 bits per heavy atom. The number of carbonyl (C=O) groups is 1. The number of nitrogens with zero attached hydrogens (tertiary/aromatic N) is 5. The van der Waals surface area contributed by atoms with Gasteiger partial charge in [-0.2, -0.15) is 18.3 Å². The molecule has 3 rings (SSSR count). The first kappa shape index (κ1) is 28.3. The number of aromatic nitrogens is 2. The molecule has 0 aliphatic carbocycles. The van der Waals surface area contributed by atoms with Crippen LogP contribution in [0.1, 0.15) is 47.6 Å². The number of rotatable bonds is 7. The number of hydrazine groups is 1. The van der Waals surface area contributed by atoms with Gasteiger partial charge in [0.15, 0.2) is 5.84 Å². The van der Waals surface area contributed by atoms with Crippen LogP contribution >= 0.6 is 11.9 Å². The van der Waals surface area contributed by atoms with Crippen LogP contribution in [0.2, 0.25) is 0 Å². The number of aliphatic hydroxyl groups is 1. The summed E-state index contributed by atoms with van der Waals surface area (Å²) in [5.74, 6) is 11.5. The number of nitrogens with one attached hydrogen (secondary N) is 1. The molecule has 0 atom stereocenters. The minimum Gasteiger partial charge on any atom is -0.400 e. The predicted molar refractivity (Wildman–Crippen MR) is 129 cm³/mol. The molecule has 0 saturated heterocycles. The van der Waals surface area contributed by atoms with Crippen molar-refractivity contribution in [3.05, 3.63) is 53.0 Å². The highest BCUT2D eigenvalue weighted by atomic mass is 32.2. The maximum absolute atomic E-state index is 12.7. The molecule has 0 spiro atoms. The highest BCUT2D eigenvalue weighted by Gasteiger charge is 2.28. The van der Waals surface area contributed by atoms with Gasteiger partial charge in [-0.25, -0.2) is 15.1 Å². The highest BCUT2D eigenvalue weighted by molar-refractivity contribution is 7.96. The SMILES string of the molecule is CC(C)N(N)/C(=N\N)c1cccc(NC(=O)c2cc3c(cn2)CN(SCCC(F)(F)F)C3)n1.CO. The largest absolute Gasteiger partial charge is 0.400 e. The van der Waals surface area contributed by atoms with Crippen LogP contribution in [0.15, 0.2) is 35.6 Å². The Kier molecular flexibility index (Phi) is 10.2. The minimum absolute atomic E-state index is 0.0502. The van der Waals surface area contributed by atoms with Crippen molar-refractivity contribution in [3.63, 3.8) is 0 Å². The Labute approximate surface area is 205 Å². The standard InChI is InChI=1S/C20H25F3N8OS.CH4O/c1-12(2)31(25)18(29-24)15-4-3-5-17(27-15)28-19(32)16-8-13-10-30(11-14(13)9-26-16)33-7-6-20(21,22)23;1-2/h3-5,8-9,12H,6-7,10-11,24-25H2,1-2H3,(H,27,28,32);2H,1H3/b29-18-;. The lowest BCUT2D eigenvalue weighted by Gasteiger charge is -2.23. The van der Waals surface area contributed by atoms with Gasteiger partial charge < -0.3 is 16.3 Å². The summed E-state index contributed by atoms with van der Waals surface area (Å²) < 4.78 is 38.9. The third-order valence-corrected chi connectivity index (χ3v) is 5.82. The zero-order valence-electron chi connectivity index (χ0n) is 19.6. The van der Waals surface area contributed by atoms with Crippen LogP contribution in [0.4, 0.5) is 19.0 Å². The number of hydrazone groups is 1. The molecule has 0 unspecified atom stereocenters. The molecule has 14 heteroatoms. The lowest BCUT2D eigenvalue weighted by Crippen LogP contribution is -2.44. The molecule has 0 saturated carbocycles. The molecule has 6 N–H and O–H groups in total. The van der Waals surface area contributed by atoms with E-state index in [1.165, 1.54) is 5.01 Å². The van der Waals surface area contributed by atoms with Crippen molar-refractivity contribution >= 4 is 29.5 Å². The molecule has 0 bridgehead atoms. The molecule has 10 nitrogen and oxygen atoms in total. The molecule has 2 aromatic rings. The van der Waals surface area contributed by atoms with Crippen LogP contribution < -0.4 is 17.0 Å². The van der Waals surface area contributed by atoms with Gasteiger partial charge in [0.2, 0.25) is 0 Å². The van der Waals surface area contributed by atoms with Crippen LogP contribution in [0.5, 0.6) is 0 Å². The summed E-state index contributed by atoms with van der Waals surface area (Å²) in [5, 5.41) is 14.8. The van der Waals surface area contributed by atoms with E-state index in [1.54, 1.807) is 30.5 Å². The van der Waals surface area contributed by atoms with Gasteiger partial charge in [0.25, 0.3) is 5.91 Å². The lowest BCUT2D eigenvalue weighted by molar-refractivity contribution is -0.129. The number of amidine groups is 1. The van der Waals surface area contributed by atoms with Gasteiger partial charge in [-0.3, -0.25) is 14.8 Å². The number of pyridine rings is 2. The number of hydrogen-bond donors (Lipinski definition) is 4. The van der Waals surface area contributed by atoms with Gasteiger partial charge in [-0.05, 0) is 43.2 Å². The molecule has 1 aliphatic rings. The first-order chi connectivity index (χ1) is 16.6. The van der Waals surface area contributed by atoms with E-state index in [0.717, 1.165) is 30.2 Å². The fraction of sp³-hybridized carbons (Fsp3) is 0.429. The third kappa shape index (κ3) is 8.06. The van der Waals surface area contributed by atoms with Crippen molar-refractivity contribution in [1.29, 1.82) is 0 Å². The van der Waals surface area contributed by atoms with Gasteiger partial charge in [0, 0.05) is 38.2 Å². The molecule has 0 radical (unpaired) electrons. The van der Waals surface area contributed by atoms with Crippen LogP contribution in [0, 0.1) is 0 Å². The molecule has 1 amide bonds. The van der Waals surface area contributed by atoms with E-state index < -0.39 is 18.5 Å². The summed E-state index contributed by atoms with van der Waals surface area (Å²) in [6.45, 7) is 4.65. The number of halogens is 3. The second-order valence-electron chi connectivity index (χ2n) is 7.65. The average Bonchev–Trinajstić information content (AvgIpc) is 3.22. The van der Waals surface area contributed by atoms with E-state index in [1.807, 2.05) is 18.2 Å². The number of aliphatic hydroxyl groups excluding tert-OH is 1. The normalized spacial score (nSPS) is 13.8. The van der Waals surface area contributed by atoms with Crippen molar-refractivity contribution in [1.82, 2.24) is 19.3 Å². The third-order valence-electron chi connectivity index (χ3n) is 4.81. The second kappa shape index (κ2) is 12.7. The number of carbonyl (C=O) groups excluding carboxylic acids is 1. The van der Waals surface area contributed by atoms with Crippen LogP contribution in [-0.2, 0) is 13.1 Å². The van der Waals surface area contributed by atoms with E-state index >= 15 is 0 Å². The van der Waals surface area contributed by atoms with Crippen molar-refractivity contribution < 1.29 is 23.1 Å². The van der Waals surface area contributed by atoms with E-state index in [2.05, 4.69) is 20.4 Å². The Balaban J connectivity index is 0.00000210. The quantitative estimate of drug-likeness (QED) is 0.144. The van der Waals surface area contributed by atoms with Crippen LogP contribution in [-0.4, -0.2) is 61.2 Å². The molecular weight excluding hydrogens is 485 g/mol. The van der Waals surface area contributed by atoms with E-state index in [-0.39, 0.29) is 29.1 Å². The summed E-state index contributed by atoms with van der Waals surface area (Å²) in [6, 6.07) is 6.53. The Bertz CT molecular complexity index is 1040. The number of alkyl halides is 3. The molecule has 192 valence electrons. The summed E-state index contributed by atoms with van der Waals surface area (Å²) in [7, 11) is 1.00. The summed E-state index contributed by atoms with van der Waals surface area (Å²) in [6.07, 6.45) is -3.45. The van der Waals surface area contributed by atoms with Crippen LogP contribution in [0.3, 0.4) is 0 Å². The number of nitrogens with two attached hydrogens (primary N) is 2. The van der Waals surface area contributed by atoms with E-state index in [9.17, 15) is 18.0 Å². The number of fused-ring (bicyclic) bond motifs is 1. The molecule has 0 aromatic carbocycles. The zero-order valence-corrected chi connectivity index (χ0v) is 20.4. The molecule has 2 aromatic heterocycles. The fourth-order valence-corrected chi connectivity index (χ4v) is 4.12. The van der Waals surface area contributed by atoms with E-state index in [0.29, 0.717) is 18.8 Å². The highest BCUT2D eigenvalue weighted by Crippen LogP contribution is 2.31. The molecule has 3 heterocycles. The lowest BCUT2D eigenvalue weighted by atomic mass is 10.1. The van der Waals surface area contributed by atoms with Crippen molar-refractivity contribution in [2.45, 2.75) is 45.6 Å². The fourth-order valence-electron chi connectivity index (χ4n) is 3.08. The van der Waals surface area contributed by atoms with Crippen LogP contribution in [0.25, 0.3) is 0 Å². The van der Waals surface area contributed by atoms with Gasteiger partial charge in [0.05, 0.1) is 6.42 Å². The monoisotopic (exact) mass is 514 g/mol. The van der Waals surface area contributed by atoms with Gasteiger partial charge in [-0.15, -0.1) is 0 Å². The Morgan fingerprint density at radius 1 is 1.29 bits per heavy atom.